The minimum absolute atomic E-state index is 0.704. The van der Waals surface area contributed by atoms with Crippen molar-refractivity contribution in [2.75, 3.05) is 6.54 Å². The van der Waals surface area contributed by atoms with Gasteiger partial charge in [0.25, 0.3) is 0 Å². The Morgan fingerprint density at radius 3 is 2.39 bits per heavy atom. The zero-order valence-corrected chi connectivity index (χ0v) is 12.2. The first-order chi connectivity index (χ1) is 8.66. The maximum Gasteiger partial charge on any atom is 0.0135 e. The zero-order valence-electron chi connectivity index (χ0n) is 12.2. The van der Waals surface area contributed by atoms with E-state index in [4.69, 9.17) is 0 Å². The number of nitrogens with one attached hydrogen (secondary N) is 1. The minimum atomic E-state index is 0.704. The fourth-order valence-electron chi connectivity index (χ4n) is 3.67. The number of rotatable bonds is 5. The maximum atomic E-state index is 3.75. The summed E-state index contributed by atoms with van der Waals surface area (Å²) in [5.74, 6) is 3.03. The van der Waals surface area contributed by atoms with Gasteiger partial charge in [-0.15, -0.1) is 0 Å². The lowest BCUT2D eigenvalue weighted by Crippen LogP contribution is -2.58. The van der Waals surface area contributed by atoms with Gasteiger partial charge in [0.2, 0.25) is 0 Å². The standard InChI is InChI=1S/C17H27N/c1-5-11-18-17-13(4)16(15(17)12(2)3)14-9-7-6-8-10-14/h6-10,12-13,15-18H,5,11H2,1-4H3. The van der Waals surface area contributed by atoms with Gasteiger partial charge >= 0.3 is 0 Å². The second-order valence-electron chi connectivity index (χ2n) is 6.10. The van der Waals surface area contributed by atoms with E-state index < -0.39 is 0 Å². The monoisotopic (exact) mass is 245 g/mol. The summed E-state index contributed by atoms with van der Waals surface area (Å²) < 4.78 is 0. The molecule has 4 unspecified atom stereocenters. The Labute approximate surface area is 112 Å². The molecule has 1 aromatic carbocycles. The average molecular weight is 245 g/mol. The van der Waals surface area contributed by atoms with Crippen LogP contribution in [0.25, 0.3) is 0 Å². The van der Waals surface area contributed by atoms with Crippen LogP contribution < -0.4 is 5.32 Å². The summed E-state index contributed by atoms with van der Waals surface area (Å²) in [5, 5.41) is 3.75. The van der Waals surface area contributed by atoms with Gasteiger partial charge in [-0.3, -0.25) is 0 Å². The van der Waals surface area contributed by atoms with Crippen molar-refractivity contribution in [3.8, 4) is 0 Å². The van der Waals surface area contributed by atoms with Crippen molar-refractivity contribution < 1.29 is 0 Å². The Morgan fingerprint density at radius 2 is 1.83 bits per heavy atom. The van der Waals surface area contributed by atoms with E-state index in [-0.39, 0.29) is 0 Å². The van der Waals surface area contributed by atoms with Crippen LogP contribution in [-0.2, 0) is 0 Å². The van der Waals surface area contributed by atoms with Crippen LogP contribution in [0.4, 0.5) is 0 Å². The zero-order chi connectivity index (χ0) is 13.1. The van der Waals surface area contributed by atoms with Crippen LogP contribution >= 0.6 is 0 Å². The third kappa shape index (κ3) is 2.47. The van der Waals surface area contributed by atoms with E-state index in [1.54, 1.807) is 0 Å². The van der Waals surface area contributed by atoms with Gasteiger partial charge in [-0.1, -0.05) is 58.0 Å². The molecule has 1 heteroatoms. The van der Waals surface area contributed by atoms with Gasteiger partial charge < -0.3 is 5.32 Å². The van der Waals surface area contributed by atoms with Crippen molar-refractivity contribution in [2.45, 2.75) is 46.1 Å². The highest BCUT2D eigenvalue weighted by Gasteiger charge is 2.48. The molecule has 4 atom stereocenters. The molecule has 1 aliphatic rings. The van der Waals surface area contributed by atoms with Gasteiger partial charge in [0, 0.05) is 6.04 Å². The molecule has 2 rings (SSSR count). The lowest BCUT2D eigenvalue weighted by Gasteiger charge is -2.54. The molecule has 0 radical (unpaired) electrons. The van der Waals surface area contributed by atoms with Crippen molar-refractivity contribution in [3.63, 3.8) is 0 Å². The molecule has 0 aromatic heterocycles. The molecule has 1 aliphatic carbocycles. The summed E-state index contributed by atoms with van der Waals surface area (Å²) in [6, 6.07) is 11.8. The van der Waals surface area contributed by atoms with E-state index in [0.717, 1.165) is 30.2 Å². The van der Waals surface area contributed by atoms with Gasteiger partial charge in [0.05, 0.1) is 0 Å². The van der Waals surface area contributed by atoms with Crippen LogP contribution in [0.5, 0.6) is 0 Å². The van der Waals surface area contributed by atoms with Crippen LogP contribution in [0.2, 0.25) is 0 Å². The van der Waals surface area contributed by atoms with Gasteiger partial charge in [-0.25, -0.2) is 0 Å². The van der Waals surface area contributed by atoms with Crippen molar-refractivity contribution in [1.29, 1.82) is 0 Å². The average Bonchev–Trinajstić information content (AvgIpc) is 2.37. The van der Waals surface area contributed by atoms with E-state index in [1.165, 1.54) is 12.0 Å². The third-order valence-corrected chi connectivity index (χ3v) is 4.55. The first-order valence-corrected chi connectivity index (χ1v) is 7.45. The first kappa shape index (κ1) is 13.6. The lowest BCUT2D eigenvalue weighted by atomic mass is 9.55. The molecule has 1 saturated carbocycles. The topological polar surface area (TPSA) is 12.0 Å². The molecule has 1 fully saturated rings. The summed E-state index contributed by atoms with van der Waals surface area (Å²) >= 11 is 0. The summed E-state index contributed by atoms with van der Waals surface area (Å²) in [4.78, 5) is 0. The van der Waals surface area contributed by atoms with Crippen LogP contribution in [-0.4, -0.2) is 12.6 Å². The smallest absolute Gasteiger partial charge is 0.0135 e. The molecule has 0 bridgehead atoms. The highest BCUT2D eigenvalue weighted by molar-refractivity contribution is 5.26. The van der Waals surface area contributed by atoms with Gasteiger partial charge in [0.15, 0.2) is 0 Å². The normalized spacial score (nSPS) is 31.4. The molecule has 1 aromatic rings. The summed E-state index contributed by atoms with van der Waals surface area (Å²) in [6.45, 7) is 10.5. The Bertz CT molecular complexity index is 357. The summed E-state index contributed by atoms with van der Waals surface area (Å²) in [7, 11) is 0. The maximum absolute atomic E-state index is 3.75. The molecule has 100 valence electrons. The highest BCUT2D eigenvalue weighted by atomic mass is 15.0. The SMILES string of the molecule is CCCNC1C(C)C(c2ccccc2)C1C(C)C. The third-order valence-electron chi connectivity index (χ3n) is 4.55. The lowest BCUT2D eigenvalue weighted by molar-refractivity contribution is 0.0452. The van der Waals surface area contributed by atoms with Gasteiger partial charge in [-0.2, -0.15) is 0 Å². The Kier molecular flexibility index (Phi) is 4.45. The molecule has 1 N–H and O–H groups in total. The predicted molar refractivity (Wildman–Crippen MR) is 78.8 cm³/mol. The van der Waals surface area contributed by atoms with Gasteiger partial charge in [-0.05, 0) is 42.2 Å². The predicted octanol–water partition coefficient (Wildman–Crippen LogP) is 4.06. The van der Waals surface area contributed by atoms with E-state index >= 15 is 0 Å². The fourth-order valence-corrected chi connectivity index (χ4v) is 3.67. The van der Waals surface area contributed by atoms with Crippen LogP contribution in [0.15, 0.2) is 30.3 Å². The molecule has 0 heterocycles. The Morgan fingerprint density at radius 1 is 1.17 bits per heavy atom. The largest absolute Gasteiger partial charge is 0.313 e. The van der Waals surface area contributed by atoms with E-state index in [0.29, 0.717) is 6.04 Å². The first-order valence-electron chi connectivity index (χ1n) is 7.45. The molecule has 0 amide bonds. The Hall–Kier alpha value is -0.820. The van der Waals surface area contributed by atoms with E-state index in [2.05, 4.69) is 63.3 Å². The number of hydrogen-bond donors (Lipinski definition) is 1. The highest BCUT2D eigenvalue weighted by Crippen LogP contribution is 2.50. The molecular weight excluding hydrogens is 218 g/mol. The molecular formula is C17H27N. The van der Waals surface area contributed by atoms with Crippen LogP contribution in [0.3, 0.4) is 0 Å². The molecule has 0 spiro atoms. The van der Waals surface area contributed by atoms with Gasteiger partial charge in [0.1, 0.15) is 0 Å². The van der Waals surface area contributed by atoms with Crippen LogP contribution in [0.1, 0.15) is 45.6 Å². The van der Waals surface area contributed by atoms with Crippen molar-refractivity contribution in [1.82, 2.24) is 5.32 Å². The van der Waals surface area contributed by atoms with Crippen molar-refractivity contribution in [2.24, 2.45) is 17.8 Å². The molecule has 18 heavy (non-hydrogen) atoms. The minimum Gasteiger partial charge on any atom is -0.313 e. The summed E-state index contributed by atoms with van der Waals surface area (Å²) in [5.41, 5.74) is 1.53. The molecule has 1 nitrogen and oxygen atoms in total. The van der Waals surface area contributed by atoms with E-state index in [1.807, 2.05) is 0 Å². The summed E-state index contributed by atoms with van der Waals surface area (Å²) in [6.07, 6.45) is 1.23. The second kappa shape index (κ2) is 5.88. The number of benzene rings is 1. The van der Waals surface area contributed by atoms with Crippen molar-refractivity contribution >= 4 is 0 Å². The Balaban J connectivity index is 2.12. The molecule has 0 aliphatic heterocycles. The molecule has 0 saturated heterocycles. The number of hydrogen-bond acceptors (Lipinski definition) is 1. The van der Waals surface area contributed by atoms with Crippen molar-refractivity contribution in [3.05, 3.63) is 35.9 Å². The van der Waals surface area contributed by atoms with Crippen LogP contribution in [0, 0.1) is 17.8 Å². The second-order valence-corrected chi connectivity index (χ2v) is 6.10. The fraction of sp³-hybridized carbons (Fsp3) is 0.647. The van der Waals surface area contributed by atoms with E-state index in [9.17, 15) is 0 Å². The quantitative estimate of drug-likeness (QED) is 0.825.